The molecular weight excluding hydrogens is 317 g/mol. The third-order valence-electron chi connectivity index (χ3n) is 2.96. The Labute approximate surface area is 136 Å². The minimum absolute atomic E-state index is 0.385. The zero-order valence-corrected chi connectivity index (χ0v) is 14.2. The number of nitrogens with one attached hydrogen (secondary N) is 1. The van der Waals surface area contributed by atoms with Crippen LogP contribution in [0.2, 0.25) is 15.1 Å². The van der Waals surface area contributed by atoms with E-state index in [0.717, 1.165) is 18.7 Å². The molecule has 0 atom stereocenters. The molecule has 0 spiro atoms. The predicted octanol–water partition coefficient (Wildman–Crippen LogP) is 4.92. The molecule has 1 N–H and O–H groups in total. The third-order valence-corrected chi connectivity index (χ3v) is 4.11. The topological polar surface area (TPSA) is 21.3 Å². The number of hydrogen-bond donors (Lipinski definition) is 1. The second kappa shape index (κ2) is 8.91. The Balaban J connectivity index is 2.94. The molecule has 0 amide bonds. The minimum atomic E-state index is 0.385. The van der Waals surface area contributed by atoms with E-state index in [9.17, 15) is 0 Å². The van der Waals surface area contributed by atoms with Crippen molar-refractivity contribution in [1.82, 2.24) is 5.32 Å². The van der Waals surface area contributed by atoms with Crippen molar-refractivity contribution >= 4 is 40.9 Å². The average molecular weight is 337 g/mol. The van der Waals surface area contributed by atoms with Gasteiger partial charge in [-0.1, -0.05) is 60.3 Å². The molecule has 112 valence electrons. The second-order valence-electron chi connectivity index (χ2n) is 4.80. The van der Waals surface area contributed by atoms with Crippen LogP contribution < -0.4 is 5.32 Å². The van der Waals surface area contributed by atoms with Gasteiger partial charge in [0, 0.05) is 30.8 Å². The molecule has 5 heteroatoms. The largest absolute Gasteiger partial charge is 0.383 e. The molecule has 1 aromatic rings. The Morgan fingerprint density at radius 2 is 1.90 bits per heavy atom. The number of halogens is 3. The Bertz CT molecular complexity index is 472. The Morgan fingerprint density at radius 1 is 1.25 bits per heavy atom. The van der Waals surface area contributed by atoms with Crippen molar-refractivity contribution in [3.8, 4) is 0 Å². The fourth-order valence-corrected chi connectivity index (χ4v) is 2.33. The molecule has 0 saturated heterocycles. The lowest BCUT2D eigenvalue weighted by Crippen LogP contribution is -2.23. The van der Waals surface area contributed by atoms with Gasteiger partial charge in [-0.25, -0.2) is 0 Å². The Kier molecular flexibility index (Phi) is 7.93. The molecule has 0 aromatic heterocycles. The molecule has 0 unspecified atom stereocenters. The van der Waals surface area contributed by atoms with E-state index in [1.54, 1.807) is 19.2 Å². The van der Waals surface area contributed by atoms with Crippen molar-refractivity contribution in [1.29, 1.82) is 0 Å². The summed E-state index contributed by atoms with van der Waals surface area (Å²) in [5, 5.41) is 4.94. The van der Waals surface area contributed by atoms with Gasteiger partial charge in [-0.3, -0.25) is 0 Å². The van der Waals surface area contributed by atoms with Crippen molar-refractivity contribution in [3.05, 3.63) is 38.3 Å². The van der Waals surface area contributed by atoms with Crippen molar-refractivity contribution in [2.75, 3.05) is 26.8 Å². The molecule has 0 heterocycles. The number of hydrogen-bond acceptors (Lipinski definition) is 2. The molecule has 1 rings (SSSR count). The van der Waals surface area contributed by atoms with Crippen LogP contribution in [0.15, 0.2) is 17.7 Å². The van der Waals surface area contributed by atoms with Gasteiger partial charge < -0.3 is 10.1 Å². The smallest absolute Gasteiger partial charge is 0.0679 e. The number of ether oxygens (including phenoxy) is 1. The van der Waals surface area contributed by atoms with E-state index >= 15 is 0 Å². The number of methoxy groups -OCH3 is 1. The lowest BCUT2D eigenvalue weighted by Gasteiger charge is -2.14. The van der Waals surface area contributed by atoms with Crippen LogP contribution in [0.4, 0.5) is 0 Å². The highest BCUT2D eigenvalue weighted by atomic mass is 35.5. The van der Waals surface area contributed by atoms with E-state index in [1.165, 1.54) is 5.57 Å². The lowest BCUT2D eigenvalue weighted by molar-refractivity contribution is 0.200. The van der Waals surface area contributed by atoms with Gasteiger partial charge in [-0.15, -0.1) is 0 Å². The molecule has 0 bridgehead atoms. The summed E-state index contributed by atoms with van der Waals surface area (Å²) in [4.78, 5) is 0. The summed E-state index contributed by atoms with van der Waals surface area (Å²) in [5.41, 5.74) is 1.99. The van der Waals surface area contributed by atoms with Crippen molar-refractivity contribution in [3.63, 3.8) is 0 Å². The molecular formula is C15H20Cl3NO. The molecule has 0 aliphatic rings. The van der Waals surface area contributed by atoms with Gasteiger partial charge in [0.25, 0.3) is 0 Å². The van der Waals surface area contributed by atoms with Crippen LogP contribution in [0.1, 0.15) is 19.4 Å². The molecule has 20 heavy (non-hydrogen) atoms. The van der Waals surface area contributed by atoms with Crippen LogP contribution in [0.5, 0.6) is 0 Å². The van der Waals surface area contributed by atoms with Gasteiger partial charge in [0.2, 0.25) is 0 Å². The molecule has 1 aromatic carbocycles. The highest BCUT2D eigenvalue weighted by molar-refractivity contribution is 6.44. The van der Waals surface area contributed by atoms with Gasteiger partial charge in [-0.05, 0) is 18.1 Å². The Hall–Kier alpha value is -0.250. The van der Waals surface area contributed by atoms with Crippen LogP contribution in [0, 0.1) is 5.92 Å². The lowest BCUT2D eigenvalue weighted by atomic mass is 10.00. The van der Waals surface area contributed by atoms with Crippen LogP contribution in [-0.4, -0.2) is 26.8 Å². The van der Waals surface area contributed by atoms with Crippen LogP contribution in [0.25, 0.3) is 6.08 Å². The summed E-state index contributed by atoms with van der Waals surface area (Å²) in [5.74, 6) is 0.385. The minimum Gasteiger partial charge on any atom is -0.383 e. The quantitative estimate of drug-likeness (QED) is 0.563. The first-order valence-electron chi connectivity index (χ1n) is 6.51. The summed E-state index contributed by atoms with van der Waals surface area (Å²) < 4.78 is 5.01. The number of benzene rings is 1. The highest BCUT2D eigenvalue weighted by Crippen LogP contribution is 2.33. The molecule has 0 fully saturated rings. The molecule has 0 radical (unpaired) electrons. The fourth-order valence-electron chi connectivity index (χ4n) is 1.69. The van der Waals surface area contributed by atoms with Gasteiger partial charge >= 0.3 is 0 Å². The van der Waals surface area contributed by atoms with Crippen molar-refractivity contribution in [2.45, 2.75) is 13.8 Å². The van der Waals surface area contributed by atoms with Gasteiger partial charge in [0.15, 0.2) is 0 Å². The first-order valence-corrected chi connectivity index (χ1v) is 7.64. The Morgan fingerprint density at radius 3 is 2.50 bits per heavy atom. The van der Waals surface area contributed by atoms with E-state index in [-0.39, 0.29) is 0 Å². The maximum atomic E-state index is 6.23. The predicted molar refractivity (Wildman–Crippen MR) is 89.0 cm³/mol. The van der Waals surface area contributed by atoms with Gasteiger partial charge in [0.1, 0.15) is 0 Å². The maximum absolute atomic E-state index is 6.23. The first kappa shape index (κ1) is 17.8. The van der Waals surface area contributed by atoms with Crippen LogP contribution in [-0.2, 0) is 4.74 Å². The highest BCUT2D eigenvalue weighted by Gasteiger charge is 2.10. The summed E-state index contributed by atoms with van der Waals surface area (Å²) in [6.45, 7) is 6.52. The summed E-state index contributed by atoms with van der Waals surface area (Å²) in [7, 11) is 1.69. The number of rotatable bonds is 7. The van der Waals surface area contributed by atoms with Crippen LogP contribution >= 0.6 is 34.8 Å². The van der Waals surface area contributed by atoms with E-state index in [2.05, 4.69) is 19.2 Å². The summed E-state index contributed by atoms with van der Waals surface area (Å²) in [6.07, 6.45) is 2.01. The standard InChI is InChI=1S/C15H20Cl3NO/c1-10(2)11(9-19-6-7-20-3)8-12-13(16)4-5-14(17)15(12)18/h4-5,8,10,19H,6-7,9H2,1-3H3/b11-8-. The van der Waals surface area contributed by atoms with E-state index in [1.807, 2.05) is 6.08 Å². The van der Waals surface area contributed by atoms with Gasteiger partial charge in [-0.2, -0.15) is 0 Å². The van der Waals surface area contributed by atoms with Crippen molar-refractivity contribution in [2.24, 2.45) is 5.92 Å². The molecule has 2 nitrogen and oxygen atoms in total. The molecule has 0 aliphatic carbocycles. The fraction of sp³-hybridized carbons (Fsp3) is 0.467. The monoisotopic (exact) mass is 335 g/mol. The zero-order valence-electron chi connectivity index (χ0n) is 12.0. The first-order chi connectivity index (χ1) is 9.47. The third kappa shape index (κ3) is 5.27. The second-order valence-corrected chi connectivity index (χ2v) is 5.99. The maximum Gasteiger partial charge on any atom is 0.0679 e. The SMILES string of the molecule is COCCNC/C(=C/c1c(Cl)ccc(Cl)c1Cl)C(C)C. The molecule has 0 aliphatic heterocycles. The van der Waals surface area contributed by atoms with Crippen LogP contribution in [0.3, 0.4) is 0 Å². The average Bonchev–Trinajstić information content (AvgIpc) is 2.41. The van der Waals surface area contributed by atoms with E-state index in [4.69, 9.17) is 39.5 Å². The summed E-state index contributed by atoms with van der Waals surface area (Å²) in [6, 6.07) is 3.47. The van der Waals surface area contributed by atoms with Gasteiger partial charge in [0.05, 0.1) is 16.7 Å². The summed E-state index contributed by atoms with van der Waals surface area (Å²) >= 11 is 18.5. The normalized spacial score (nSPS) is 12.2. The zero-order chi connectivity index (χ0) is 15.1. The van der Waals surface area contributed by atoms with E-state index in [0.29, 0.717) is 27.6 Å². The van der Waals surface area contributed by atoms with E-state index < -0.39 is 0 Å². The van der Waals surface area contributed by atoms with Crippen molar-refractivity contribution < 1.29 is 4.74 Å². The molecule has 0 saturated carbocycles.